The SMILES string of the molecule is CN1C[C@H](NOS(=O)(=O)[O-])CC[C@H]1C#N. The summed E-state index contributed by atoms with van der Waals surface area (Å²) in [6.07, 6.45) is 1.21. The van der Waals surface area contributed by atoms with Gasteiger partial charge in [0.1, 0.15) is 0 Å². The van der Waals surface area contributed by atoms with Crippen LogP contribution in [0.5, 0.6) is 0 Å². The second kappa shape index (κ2) is 4.87. The first-order valence-corrected chi connectivity index (χ1v) is 5.75. The highest BCUT2D eigenvalue weighted by atomic mass is 32.3. The van der Waals surface area contributed by atoms with Crippen molar-refractivity contribution in [2.75, 3.05) is 13.6 Å². The standard InChI is InChI=1S/C7H13N3O4S/c1-10-5-6(2-3-7(10)4-8)9-14-15(11,12)13/h6-7,9H,2-3,5H2,1H3,(H,11,12,13)/p-1/t6-,7+/m1/s1. The molecule has 1 N–H and O–H groups in total. The number of hydroxylamine groups is 1. The lowest BCUT2D eigenvalue weighted by Gasteiger charge is -2.33. The van der Waals surface area contributed by atoms with Gasteiger partial charge in [-0.1, -0.05) is 0 Å². The minimum absolute atomic E-state index is 0.160. The summed E-state index contributed by atoms with van der Waals surface area (Å²) in [5.74, 6) is 0. The molecule has 0 aliphatic carbocycles. The maximum Gasteiger partial charge on any atom is 0.234 e. The molecule has 2 atom stereocenters. The van der Waals surface area contributed by atoms with Gasteiger partial charge in [-0.15, -0.1) is 0 Å². The van der Waals surface area contributed by atoms with E-state index in [1.54, 1.807) is 11.9 Å². The third-order valence-corrected chi connectivity index (χ3v) is 2.60. The molecule has 0 saturated carbocycles. The zero-order chi connectivity index (χ0) is 11.5. The molecule has 1 aliphatic heterocycles. The summed E-state index contributed by atoms with van der Waals surface area (Å²) in [5, 5.41) is 8.72. The van der Waals surface area contributed by atoms with E-state index in [4.69, 9.17) is 5.26 Å². The maximum atomic E-state index is 10.2. The van der Waals surface area contributed by atoms with Gasteiger partial charge in [-0.3, -0.25) is 4.90 Å². The maximum absolute atomic E-state index is 10.2. The third-order valence-electron chi connectivity index (χ3n) is 2.29. The van der Waals surface area contributed by atoms with E-state index in [0.29, 0.717) is 19.4 Å². The van der Waals surface area contributed by atoms with E-state index in [0.717, 1.165) is 0 Å². The van der Waals surface area contributed by atoms with Gasteiger partial charge >= 0.3 is 0 Å². The summed E-state index contributed by atoms with van der Waals surface area (Å²) in [6.45, 7) is 0.466. The normalized spacial score (nSPS) is 28.6. The van der Waals surface area contributed by atoms with Crippen molar-refractivity contribution in [3.63, 3.8) is 0 Å². The van der Waals surface area contributed by atoms with Crippen molar-refractivity contribution >= 4 is 10.4 Å². The van der Waals surface area contributed by atoms with Gasteiger partial charge in [0.15, 0.2) is 0 Å². The second-order valence-electron chi connectivity index (χ2n) is 3.47. The number of hydrogen-bond donors (Lipinski definition) is 1. The van der Waals surface area contributed by atoms with Crippen LogP contribution >= 0.6 is 0 Å². The average Bonchev–Trinajstić information content (AvgIpc) is 2.14. The Morgan fingerprint density at radius 3 is 2.73 bits per heavy atom. The van der Waals surface area contributed by atoms with Gasteiger partial charge < -0.3 is 4.55 Å². The molecule has 0 radical (unpaired) electrons. The number of hydrogen-bond acceptors (Lipinski definition) is 7. The molecule has 1 rings (SSSR count). The van der Waals surface area contributed by atoms with E-state index in [2.05, 4.69) is 15.8 Å². The fraction of sp³-hybridized carbons (Fsp3) is 0.857. The molecule has 1 fully saturated rings. The number of likely N-dealkylation sites (tertiary alicyclic amines) is 1. The summed E-state index contributed by atoms with van der Waals surface area (Å²) in [5.41, 5.74) is 2.19. The first-order chi connectivity index (χ1) is 6.92. The van der Waals surface area contributed by atoms with Crippen molar-refractivity contribution in [1.29, 1.82) is 5.26 Å². The van der Waals surface area contributed by atoms with Crippen LogP contribution in [0, 0.1) is 11.3 Å². The van der Waals surface area contributed by atoms with Gasteiger partial charge in [-0.05, 0) is 19.9 Å². The highest BCUT2D eigenvalue weighted by molar-refractivity contribution is 7.80. The topological polar surface area (TPSA) is 105 Å². The predicted molar refractivity (Wildman–Crippen MR) is 49.0 cm³/mol. The Kier molecular flexibility index (Phi) is 4.01. The van der Waals surface area contributed by atoms with E-state index < -0.39 is 10.4 Å². The van der Waals surface area contributed by atoms with Crippen molar-refractivity contribution < 1.29 is 17.3 Å². The van der Waals surface area contributed by atoms with Gasteiger partial charge in [0.25, 0.3) is 0 Å². The van der Waals surface area contributed by atoms with Crippen LogP contribution in [0.25, 0.3) is 0 Å². The van der Waals surface area contributed by atoms with E-state index in [1.807, 2.05) is 0 Å². The largest absolute Gasteiger partial charge is 0.724 e. The molecule has 8 heteroatoms. The molecular formula is C7H12N3O4S-. The first-order valence-electron chi connectivity index (χ1n) is 4.42. The lowest BCUT2D eigenvalue weighted by atomic mass is 10.0. The minimum Gasteiger partial charge on any atom is -0.724 e. The van der Waals surface area contributed by atoms with Gasteiger partial charge in [-0.2, -0.15) is 15.0 Å². The molecule has 1 aliphatic rings. The van der Waals surface area contributed by atoms with Crippen LogP contribution in [0.1, 0.15) is 12.8 Å². The molecule has 0 spiro atoms. The molecular weight excluding hydrogens is 222 g/mol. The molecule has 7 nitrogen and oxygen atoms in total. The highest BCUT2D eigenvalue weighted by Gasteiger charge is 2.25. The fourth-order valence-electron chi connectivity index (χ4n) is 1.53. The Hall–Kier alpha value is -0.720. The van der Waals surface area contributed by atoms with Crippen LogP contribution in [-0.4, -0.2) is 43.5 Å². The number of likely N-dealkylation sites (N-methyl/N-ethyl adjacent to an activating group) is 1. The fourth-order valence-corrected chi connectivity index (χ4v) is 1.79. The van der Waals surface area contributed by atoms with Crippen LogP contribution in [-0.2, 0) is 14.7 Å². The zero-order valence-electron chi connectivity index (χ0n) is 8.21. The van der Waals surface area contributed by atoms with Gasteiger partial charge in [-0.25, -0.2) is 8.42 Å². The summed E-state index contributed by atoms with van der Waals surface area (Å²) < 4.78 is 34.5. The molecule has 0 bridgehead atoms. The Morgan fingerprint density at radius 2 is 2.27 bits per heavy atom. The van der Waals surface area contributed by atoms with Crippen LogP contribution in [0.4, 0.5) is 0 Å². The molecule has 1 heterocycles. The monoisotopic (exact) mass is 234 g/mol. The molecule has 0 aromatic carbocycles. The first kappa shape index (κ1) is 12.4. The molecule has 0 amide bonds. The lowest BCUT2D eigenvalue weighted by Crippen LogP contribution is -2.48. The van der Waals surface area contributed by atoms with Gasteiger partial charge in [0.2, 0.25) is 10.4 Å². The predicted octanol–water partition coefficient (Wildman–Crippen LogP) is -1.05. The molecule has 0 aromatic rings. The van der Waals surface area contributed by atoms with E-state index >= 15 is 0 Å². The highest BCUT2D eigenvalue weighted by Crippen LogP contribution is 2.14. The van der Waals surface area contributed by atoms with E-state index in [1.165, 1.54) is 0 Å². The Labute approximate surface area is 88.5 Å². The summed E-state index contributed by atoms with van der Waals surface area (Å²) in [4.78, 5) is 1.78. The molecule has 0 aromatic heterocycles. The van der Waals surface area contributed by atoms with Crippen molar-refractivity contribution in [2.24, 2.45) is 0 Å². The second-order valence-corrected chi connectivity index (χ2v) is 4.45. The van der Waals surface area contributed by atoms with Crippen LogP contribution in [0.2, 0.25) is 0 Å². The number of nitriles is 1. The van der Waals surface area contributed by atoms with Crippen LogP contribution in [0.15, 0.2) is 0 Å². The van der Waals surface area contributed by atoms with Crippen molar-refractivity contribution in [2.45, 2.75) is 24.9 Å². The Morgan fingerprint density at radius 1 is 1.60 bits per heavy atom. The number of nitrogens with zero attached hydrogens (tertiary/aromatic N) is 2. The number of nitrogens with one attached hydrogen (secondary N) is 1. The van der Waals surface area contributed by atoms with E-state index in [9.17, 15) is 13.0 Å². The zero-order valence-corrected chi connectivity index (χ0v) is 9.03. The van der Waals surface area contributed by atoms with Gasteiger partial charge in [0.05, 0.1) is 12.1 Å². The van der Waals surface area contributed by atoms with Gasteiger partial charge in [0, 0.05) is 12.6 Å². The summed E-state index contributed by atoms with van der Waals surface area (Å²) in [6, 6.07) is 1.72. The molecule has 1 saturated heterocycles. The quantitative estimate of drug-likeness (QED) is 0.377. The van der Waals surface area contributed by atoms with Crippen molar-refractivity contribution in [3.05, 3.63) is 0 Å². The average molecular weight is 234 g/mol. The summed E-state index contributed by atoms with van der Waals surface area (Å²) in [7, 11) is -2.95. The minimum atomic E-state index is -4.70. The van der Waals surface area contributed by atoms with Crippen molar-refractivity contribution in [3.8, 4) is 6.07 Å². The smallest absolute Gasteiger partial charge is 0.234 e. The van der Waals surface area contributed by atoms with E-state index in [-0.39, 0.29) is 12.1 Å². The van der Waals surface area contributed by atoms with Crippen LogP contribution in [0.3, 0.4) is 0 Å². The Bertz CT molecular complexity index is 350. The third kappa shape index (κ3) is 4.11. The number of piperidine rings is 1. The van der Waals surface area contributed by atoms with Crippen molar-refractivity contribution in [1.82, 2.24) is 10.4 Å². The molecule has 15 heavy (non-hydrogen) atoms. The molecule has 0 unspecified atom stereocenters. The summed E-state index contributed by atoms with van der Waals surface area (Å²) >= 11 is 0. The molecule has 86 valence electrons. The van der Waals surface area contributed by atoms with Crippen LogP contribution < -0.4 is 5.48 Å². The Balaban J connectivity index is 2.39. The lowest BCUT2D eigenvalue weighted by molar-refractivity contribution is 0.0847. The number of rotatable bonds is 3.